The molecule has 2 heterocycles. The summed E-state index contributed by atoms with van der Waals surface area (Å²) in [6.45, 7) is 8.40. The summed E-state index contributed by atoms with van der Waals surface area (Å²) in [5.41, 5.74) is 1.16. The van der Waals surface area contributed by atoms with E-state index in [0.717, 1.165) is 75.3 Å². The van der Waals surface area contributed by atoms with Crippen molar-refractivity contribution < 1.29 is 4.79 Å². The van der Waals surface area contributed by atoms with Crippen LogP contribution in [0.25, 0.3) is 0 Å². The molecule has 2 aliphatic heterocycles. The van der Waals surface area contributed by atoms with Crippen molar-refractivity contribution >= 4 is 53.1 Å². The number of piperazine rings is 1. The highest BCUT2D eigenvalue weighted by Gasteiger charge is 2.21. The fraction of sp³-hybridized carbons (Fsp3) is 0.579. The lowest BCUT2D eigenvalue weighted by molar-refractivity contribution is -0.128. The SMILES string of the molecule is CCNC(=NCC(=O)N1CCCC1)N1CCN(c2cccc(Cl)c2)CC1.I. The Morgan fingerprint density at radius 1 is 1.11 bits per heavy atom. The zero-order valence-electron chi connectivity index (χ0n) is 15.9. The van der Waals surface area contributed by atoms with E-state index < -0.39 is 0 Å². The molecule has 8 heteroatoms. The van der Waals surface area contributed by atoms with Crippen molar-refractivity contribution in [1.82, 2.24) is 15.1 Å². The van der Waals surface area contributed by atoms with Crippen LogP contribution >= 0.6 is 35.6 Å². The normalized spacial score (nSPS) is 17.7. The molecule has 1 aromatic carbocycles. The fourth-order valence-electron chi connectivity index (χ4n) is 3.48. The Morgan fingerprint density at radius 3 is 2.44 bits per heavy atom. The van der Waals surface area contributed by atoms with Gasteiger partial charge < -0.3 is 20.0 Å². The largest absolute Gasteiger partial charge is 0.368 e. The Balaban J connectivity index is 0.00000261. The van der Waals surface area contributed by atoms with Crippen molar-refractivity contribution in [3.63, 3.8) is 0 Å². The van der Waals surface area contributed by atoms with Crippen LogP contribution in [-0.4, -0.2) is 74.0 Å². The van der Waals surface area contributed by atoms with E-state index in [-0.39, 0.29) is 36.4 Å². The van der Waals surface area contributed by atoms with Gasteiger partial charge in [0, 0.05) is 56.5 Å². The second kappa shape index (κ2) is 10.9. The van der Waals surface area contributed by atoms with Crippen LogP contribution in [-0.2, 0) is 4.79 Å². The van der Waals surface area contributed by atoms with E-state index in [1.165, 1.54) is 0 Å². The van der Waals surface area contributed by atoms with E-state index in [9.17, 15) is 4.79 Å². The quantitative estimate of drug-likeness (QED) is 0.388. The van der Waals surface area contributed by atoms with Gasteiger partial charge >= 0.3 is 0 Å². The Bertz CT molecular complexity index is 643. The molecule has 0 aromatic heterocycles. The number of amides is 1. The maximum atomic E-state index is 12.3. The van der Waals surface area contributed by atoms with Crippen LogP contribution in [0.4, 0.5) is 5.69 Å². The van der Waals surface area contributed by atoms with Crippen molar-refractivity contribution in [2.45, 2.75) is 19.8 Å². The van der Waals surface area contributed by atoms with Gasteiger partial charge in [-0.15, -0.1) is 24.0 Å². The van der Waals surface area contributed by atoms with Crippen molar-refractivity contribution in [1.29, 1.82) is 0 Å². The first kappa shape index (κ1) is 22.1. The maximum absolute atomic E-state index is 12.3. The van der Waals surface area contributed by atoms with Gasteiger partial charge in [-0.1, -0.05) is 17.7 Å². The molecule has 0 saturated carbocycles. The fourth-order valence-corrected chi connectivity index (χ4v) is 3.67. The first-order chi connectivity index (χ1) is 12.7. The third-order valence-electron chi connectivity index (χ3n) is 4.91. The minimum atomic E-state index is 0. The number of anilines is 1. The minimum Gasteiger partial charge on any atom is -0.368 e. The van der Waals surface area contributed by atoms with Crippen LogP contribution in [0.3, 0.4) is 0 Å². The van der Waals surface area contributed by atoms with E-state index in [4.69, 9.17) is 11.6 Å². The van der Waals surface area contributed by atoms with Gasteiger partial charge in [0.15, 0.2) is 5.96 Å². The maximum Gasteiger partial charge on any atom is 0.244 e. The van der Waals surface area contributed by atoms with E-state index >= 15 is 0 Å². The van der Waals surface area contributed by atoms with Crippen LogP contribution < -0.4 is 10.2 Å². The van der Waals surface area contributed by atoms with Crippen molar-refractivity contribution in [3.8, 4) is 0 Å². The first-order valence-electron chi connectivity index (χ1n) is 9.49. The highest BCUT2D eigenvalue weighted by Crippen LogP contribution is 2.20. The predicted octanol–water partition coefficient (Wildman–Crippen LogP) is 2.67. The molecule has 2 fully saturated rings. The number of carbonyl (C=O) groups is 1. The van der Waals surface area contributed by atoms with Crippen molar-refractivity contribution in [3.05, 3.63) is 29.3 Å². The van der Waals surface area contributed by atoms with Gasteiger partial charge in [-0.2, -0.15) is 0 Å². The van der Waals surface area contributed by atoms with E-state index in [2.05, 4.69) is 33.1 Å². The van der Waals surface area contributed by atoms with Gasteiger partial charge in [-0.05, 0) is 38.0 Å². The van der Waals surface area contributed by atoms with Gasteiger partial charge in [0.2, 0.25) is 5.91 Å². The van der Waals surface area contributed by atoms with E-state index in [1.54, 1.807) is 0 Å². The first-order valence-corrected chi connectivity index (χ1v) is 9.86. The van der Waals surface area contributed by atoms with Gasteiger partial charge in [0.1, 0.15) is 6.54 Å². The molecule has 6 nitrogen and oxygen atoms in total. The number of halogens is 2. The van der Waals surface area contributed by atoms with Crippen molar-refractivity contribution in [2.75, 3.05) is 57.3 Å². The summed E-state index contributed by atoms with van der Waals surface area (Å²) >= 11 is 6.11. The summed E-state index contributed by atoms with van der Waals surface area (Å²) in [7, 11) is 0. The Hall–Kier alpha value is -1.22. The summed E-state index contributed by atoms with van der Waals surface area (Å²) in [6.07, 6.45) is 2.22. The molecule has 2 aliphatic rings. The highest BCUT2D eigenvalue weighted by molar-refractivity contribution is 14.0. The van der Waals surface area contributed by atoms with Crippen LogP contribution in [0.5, 0.6) is 0 Å². The highest BCUT2D eigenvalue weighted by atomic mass is 127. The molecule has 150 valence electrons. The second-order valence-electron chi connectivity index (χ2n) is 6.71. The molecule has 0 radical (unpaired) electrons. The number of carbonyl (C=O) groups excluding carboxylic acids is 1. The zero-order chi connectivity index (χ0) is 18.4. The lowest BCUT2D eigenvalue weighted by Gasteiger charge is -2.37. The van der Waals surface area contributed by atoms with E-state index in [0.29, 0.717) is 0 Å². The molecule has 27 heavy (non-hydrogen) atoms. The molecule has 2 saturated heterocycles. The number of likely N-dealkylation sites (tertiary alicyclic amines) is 1. The topological polar surface area (TPSA) is 51.2 Å². The third kappa shape index (κ3) is 6.14. The predicted molar refractivity (Wildman–Crippen MR) is 122 cm³/mol. The smallest absolute Gasteiger partial charge is 0.244 e. The number of hydrogen-bond acceptors (Lipinski definition) is 3. The average molecular weight is 506 g/mol. The lowest BCUT2D eigenvalue weighted by Crippen LogP contribution is -2.52. The zero-order valence-corrected chi connectivity index (χ0v) is 19.0. The summed E-state index contributed by atoms with van der Waals surface area (Å²) < 4.78 is 0. The molecular formula is C19H29ClIN5O. The summed E-state index contributed by atoms with van der Waals surface area (Å²) in [4.78, 5) is 23.3. The van der Waals surface area contributed by atoms with Gasteiger partial charge in [0.25, 0.3) is 0 Å². The summed E-state index contributed by atoms with van der Waals surface area (Å²) in [5, 5.41) is 4.09. The molecule has 0 spiro atoms. The van der Waals surface area contributed by atoms with E-state index in [1.807, 2.05) is 23.1 Å². The molecular weight excluding hydrogens is 477 g/mol. The number of benzene rings is 1. The van der Waals surface area contributed by atoms with Crippen LogP contribution in [0.15, 0.2) is 29.3 Å². The average Bonchev–Trinajstić information content (AvgIpc) is 3.20. The minimum absolute atomic E-state index is 0. The number of guanidine groups is 1. The van der Waals surface area contributed by atoms with Crippen LogP contribution in [0.1, 0.15) is 19.8 Å². The number of nitrogens with zero attached hydrogens (tertiary/aromatic N) is 4. The molecule has 0 aliphatic carbocycles. The van der Waals surface area contributed by atoms with Gasteiger partial charge in [-0.3, -0.25) is 4.79 Å². The number of hydrogen-bond donors (Lipinski definition) is 1. The number of aliphatic imine (C=N–C) groups is 1. The van der Waals surface area contributed by atoms with Crippen molar-refractivity contribution in [2.24, 2.45) is 4.99 Å². The standard InChI is InChI=1S/C19H28ClN5O.HI/c1-2-21-19(22-15-18(26)24-8-3-4-9-24)25-12-10-23(11-13-25)17-7-5-6-16(20)14-17;/h5-7,14H,2-4,8-13,15H2,1H3,(H,21,22);1H. The molecule has 0 bridgehead atoms. The molecule has 0 atom stereocenters. The monoisotopic (exact) mass is 505 g/mol. The number of rotatable bonds is 4. The Morgan fingerprint density at radius 2 is 1.81 bits per heavy atom. The molecule has 1 amide bonds. The van der Waals surface area contributed by atoms with Crippen LogP contribution in [0, 0.1) is 0 Å². The second-order valence-corrected chi connectivity index (χ2v) is 7.15. The Kier molecular flexibility index (Phi) is 8.95. The van der Waals surface area contributed by atoms with Crippen LogP contribution in [0.2, 0.25) is 5.02 Å². The lowest BCUT2D eigenvalue weighted by atomic mass is 10.2. The molecule has 0 unspecified atom stereocenters. The molecule has 1 aromatic rings. The third-order valence-corrected chi connectivity index (χ3v) is 5.15. The summed E-state index contributed by atoms with van der Waals surface area (Å²) in [6, 6.07) is 7.98. The molecule has 1 N–H and O–H groups in total. The van der Waals surface area contributed by atoms with Gasteiger partial charge in [-0.25, -0.2) is 4.99 Å². The molecule has 3 rings (SSSR count). The Labute approximate surface area is 183 Å². The number of nitrogens with one attached hydrogen (secondary N) is 1. The summed E-state index contributed by atoms with van der Waals surface area (Å²) in [5.74, 6) is 0.973. The van der Waals surface area contributed by atoms with Gasteiger partial charge in [0.05, 0.1) is 0 Å².